The summed E-state index contributed by atoms with van der Waals surface area (Å²) in [5.74, 6) is -0.170. The minimum absolute atomic E-state index is 0.0858. The number of rotatable bonds is 4. The van der Waals surface area contributed by atoms with Crippen LogP contribution >= 0.6 is 11.3 Å². The molecule has 25 heavy (non-hydrogen) atoms. The van der Waals surface area contributed by atoms with Gasteiger partial charge in [-0.15, -0.1) is 0 Å². The second kappa shape index (κ2) is 7.25. The summed E-state index contributed by atoms with van der Waals surface area (Å²) in [7, 11) is 0. The molecular formula is C18H25FN4OS. The van der Waals surface area contributed by atoms with E-state index in [0.29, 0.717) is 12.1 Å². The standard InChI is InChI=1S/C18H25FN4OS/c1-18(2,3)16(24)20-7-8-22-9-11-23(12-10-22)17-21-15-13(19)5-4-6-14(15)25-17/h4-6H,7-12H2,1-3H3,(H,20,24). The Balaban J connectivity index is 1.50. The second-order valence-corrected chi connectivity index (χ2v) is 8.43. The summed E-state index contributed by atoms with van der Waals surface area (Å²) in [6.45, 7) is 10.9. The number of aromatic nitrogens is 1. The first-order valence-corrected chi connectivity index (χ1v) is 9.47. The van der Waals surface area contributed by atoms with Gasteiger partial charge in [0.2, 0.25) is 5.91 Å². The molecule has 0 radical (unpaired) electrons. The first kappa shape index (κ1) is 18.1. The van der Waals surface area contributed by atoms with Gasteiger partial charge in [0, 0.05) is 44.7 Å². The van der Waals surface area contributed by atoms with Crippen LogP contribution in [0.25, 0.3) is 10.2 Å². The van der Waals surface area contributed by atoms with Gasteiger partial charge in [0.15, 0.2) is 5.13 Å². The van der Waals surface area contributed by atoms with Gasteiger partial charge >= 0.3 is 0 Å². The number of hydrogen-bond donors (Lipinski definition) is 1. The number of piperazine rings is 1. The maximum Gasteiger partial charge on any atom is 0.225 e. The molecule has 0 saturated carbocycles. The van der Waals surface area contributed by atoms with Gasteiger partial charge in [-0.05, 0) is 12.1 Å². The first-order valence-electron chi connectivity index (χ1n) is 8.65. The summed E-state index contributed by atoms with van der Waals surface area (Å²) in [4.78, 5) is 20.9. The van der Waals surface area contributed by atoms with E-state index in [9.17, 15) is 9.18 Å². The van der Waals surface area contributed by atoms with Crippen LogP contribution in [0.4, 0.5) is 9.52 Å². The van der Waals surface area contributed by atoms with Crippen LogP contribution in [0.1, 0.15) is 20.8 Å². The number of amides is 1. The van der Waals surface area contributed by atoms with Gasteiger partial charge < -0.3 is 10.2 Å². The molecule has 7 heteroatoms. The van der Waals surface area contributed by atoms with Crippen molar-refractivity contribution in [2.45, 2.75) is 20.8 Å². The summed E-state index contributed by atoms with van der Waals surface area (Å²) in [5.41, 5.74) is 0.121. The van der Waals surface area contributed by atoms with Crippen LogP contribution in [0.3, 0.4) is 0 Å². The van der Waals surface area contributed by atoms with Crippen LogP contribution in [0, 0.1) is 11.2 Å². The van der Waals surface area contributed by atoms with Crippen molar-refractivity contribution in [3.8, 4) is 0 Å². The topological polar surface area (TPSA) is 48.5 Å². The average molecular weight is 364 g/mol. The second-order valence-electron chi connectivity index (χ2n) is 7.42. The molecule has 1 fully saturated rings. The van der Waals surface area contributed by atoms with E-state index in [1.54, 1.807) is 17.4 Å². The van der Waals surface area contributed by atoms with Gasteiger partial charge in [0.25, 0.3) is 0 Å². The van der Waals surface area contributed by atoms with Gasteiger partial charge in [0.1, 0.15) is 11.3 Å². The zero-order valence-corrected chi connectivity index (χ0v) is 15.8. The van der Waals surface area contributed by atoms with E-state index >= 15 is 0 Å². The maximum absolute atomic E-state index is 13.8. The van der Waals surface area contributed by atoms with E-state index < -0.39 is 0 Å². The molecule has 0 unspecified atom stereocenters. The number of benzene rings is 1. The van der Waals surface area contributed by atoms with Crippen molar-refractivity contribution >= 4 is 32.6 Å². The van der Waals surface area contributed by atoms with E-state index in [4.69, 9.17) is 0 Å². The summed E-state index contributed by atoms with van der Waals surface area (Å²) in [6, 6.07) is 5.09. The van der Waals surface area contributed by atoms with Crippen molar-refractivity contribution in [3.63, 3.8) is 0 Å². The number of carbonyl (C=O) groups excluding carboxylic acids is 1. The number of anilines is 1. The van der Waals surface area contributed by atoms with Crippen LogP contribution in [0.5, 0.6) is 0 Å². The van der Waals surface area contributed by atoms with Gasteiger partial charge in [-0.25, -0.2) is 9.37 Å². The quantitative estimate of drug-likeness (QED) is 0.906. The highest BCUT2D eigenvalue weighted by molar-refractivity contribution is 7.22. The number of nitrogens with zero attached hydrogens (tertiary/aromatic N) is 3. The molecule has 5 nitrogen and oxygen atoms in total. The Morgan fingerprint density at radius 2 is 2.00 bits per heavy atom. The maximum atomic E-state index is 13.8. The summed E-state index contributed by atoms with van der Waals surface area (Å²) < 4.78 is 14.7. The van der Waals surface area contributed by atoms with E-state index in [-0.39, 0.29) is 17.1 Å². The van der Waals surface area contributed by atoms with Crippen LogP contribution in [0.15, 0.2) is 18.2 Å². The molecule has 0 bridgehead atoms. The Hall–Kier alpha value is -1.73. The Morgan fingerprint density at radius 1 is 1.28 bits per heavy atom. The third kappa shape index (κ3) is 4.27. The highest BCUT2D eigenvalue weighted by atomic mass is 32.1. The minimum Gasteiger partial charge on any atom is -0.354 e. The van der Waals surface area contributed by atoms with Crippen molar-refractivity contribution < 1.29 is 9.18 Å². The molecule has 1 amide bonds. The van der Waals surface area contributed by atoms with E-state index in [1.165, 1.54) is 6.07 Å². The van der Waals surface area contributed by atoms with E-state index in [2.05, 4.69) is 20.1 Å². The van der Waals surface area contributed by atoms with Crippen LogP contribution < -0.4 is 10.2 Å². The zero-order chi connectivity index (χ0) is 18.0. The normalized spacial score (nSPS) is 16.4. The fourth-order valence-corrected chi connectivity index (χ4v) is 3.83. The molecule has 1 aromatic heterocycles. The Labute approximate surface area is 151 Å². The molecule has 1 N–H and O–H groups in total. The lowest BCUT2D eigenvalue weighted by atomic mass is 9.96. The third-order valence-corrected chi connectivity index (χ3v) is 5.48. The van der Waals surface area contributed by atoms with Crippen molar-refractivity contribution in [2.75, 3.05) is 44.2 Å². The number of thiazole rings is 1. The molecule has 2 heterocycles. The molecule has 1 aromatic carbocycles. The van der Waals surface area contributed by atoms with E-state index in [1.807, 2.05) is 26.8 Å². The van der Waals surface area contributed by atoms with Crippen molar-refractivity contribution in [1.29, 1.82) is 0 Å². The van der Waals surface area contributed by atoms with Crippen LogP contribution in [-0.4, -0.2) is 55.1 Å². The fraction of sp³-hybridized carbons (Fsp3) is 0.556. The molecule has 0 aliphatic carbocycles. The number of halogens is 1. The van der Waals surface area contributed by atoms with Gasteiger partial charge in [-0.3, -0.25) is 9.69 Å². The number of para-hydroxylation sites is 1. The summed E-state index contributed by atoms with van der Waals surface area (Å²) >= 11 is 1.54. The van der Waals surface area contributed by atoms with Gasteiger partial charge in [-0.1, -0.05) is 38.2 Å². The molecule has 0 atom stereocenters. The molecule has 1 aliphatic rings. The molecule has 3 rings (SSSR count). The van der Waals surface area contributed by atoms with Crippen molar-refractivity contribution in [2.24, 2.45) is 5.41 Å². The van der Waals surface area contributed by atoms with Crippen molar-refractivity contribution in [3.05, 3.63) is 24.0 Å². The van der Waals surface area contributed by atoms with Gasteiger partial charge in [0.05, 0.1) is 4.70 Å². The lowest BCUT2D eigenvalue weighted by Gasteiger charge is -2.34. The lowest BCUT2D eigenvalue weighted by Crippen LogP contribution is -2.49. The predicted octanol–water partition coefficient (Wildman–Crippen LogP) is 2.72. The number of carbonyl (C=O) groups is 1. The van der Waals surface area contributed by atoms with Gasteiger partial charge in [-0.2, -0.15) is 0 Å². The average Bonchev–Trinajstić information content (AvgIpc) is 3.00. The highest BCUT2D eigenvalue weighted by Crippen LogP contribution is 2.30. The number of nitrogens with one attached hydrogen (secondary N) is 1. The van der Waals surface area contributed by atoms with Crippen molar-refractivity contribution in [1.82, 2.24) is 15.2 Å². The lowest BCUT2D eigenvalue weighted by molar-refractivity contribution is -0.128. The van der Waals surface area contributed by atoms with E-state index in [0.717, 1.165) is 42.6 Å². The fourth-order valence-electron chi connectivity index (χ4n) is 2.79. The molecule has 0 spiro atoms. The third-order valence-electron chi connectivity index (χ3n) is 4.40. The number of hydrogen-bond acceptors (Lipinski definition) is 5. The smallest absolute Gasteiger partial charge is 0.225 e. The molecule has 2 aromatic rings. The highest BCUT2D eigenvalue weighted by Gasteiger charge is 2.22. The largest absolute Gasteiger partial charge is 0.354 e. The monoisotopic (exact) mass is 364 g/mol. The predicted molar refractivity (Wildman–Crippen MR) is 101 cm³/mol. The SMILES string of the molecule is CC(C)(C)C(=O)NCCN1CCN(c2nc3c(F)cccc3s2)CC1. The Bertz CT molecular complexity index is 747. The summed E-state index contributed by atoms with van der Waals surface area (Å²) in [6.07, 6.45) is 0. The summed E-state index contributed by atoms with van der Waals surface area (Å²) in [5, 5.41) is 3.88. The first-order chi connectivity index (χ1) is 11.8. The Morgan fingerprint density at radius 3 is 2.64 bits per heavy atom. The molecule has 1 saturated heterocycles. The van der Waals surface area contributed by atoms with Crippen LogP contribution in [-0.2, 0) is 4.79 Å². The van der Waals surface area contributed by atoms with Crippen LogP contribution in [0.2, 0.25) is 0 Å². The Kier molecular flexibility index (Phi) is 5.24. The molecule has 1 aliphatic heterocycles. The molecule has 136 valence electrons. The minimum atomic E-state index is -0.346. The number of fused-ring (bicyclic) bond motifs is 1. The zero-order valence-electron chi connectivity index (χ0n) is 15.0. The molecular weight excluding hydrogens is 339 g/mol.